The van der Waals surface area contributed by atoms with Crippen LogP contribution in [-0.2, 0) is 0 Å². The molecule has 0 radical (unpaired) electrons. The Morgan fingerprint density at radius 3 is 2.50 bits per heavy atom. The SMILES string of the molecule is CC1=CCN(C(CNCC(C)C)c2ccccc2)CC1. The first-order chi connectivity index (χ1) is 9.66. The quantitative estimate of drug-likeness (QED) is 0.796. The van der Waals surface area contributed by atoms with Crippen molar-refractivity contribution in [2.45, 2.75) is 33.2 Å². The van der Waals surface area contributed by atoms with E-state index in [9.17, 15) is 0 Å². The van der Waals surface area contributed by atoms with Gasteiger partial charge in [-0.2, -0.15) is 0 Å². The van der Waals surface area contributed by atoms with Gasteiger partial charge in [-0.1, -0.05) is 55.8 Å². The molecule has 2 nitrogen and oxygen atoms in total. The Morgan fingerprint density at radius 2 is 1.90 bits per heavy atom. The van der Waals surface area contributed by atoms with Gasteiger partial charge in [0.1, 0.15) is 0 Å². The van der Waals surface area contributed by atoms with Crippen molar-refractivity contribution in [3.63, 3.8) is 0 Å². The summed E-state index contributed by atoms with van der Waals surface area (Å²) in [6.45, 7) is 11.1. The molecule has 0 saturated heterocycles. The second kappa shape index (κ2) is 7.61. The minimum Gasteiger partial charge on any atom is -0.315 e. The molecular weight excluding hydrogens is 244 g/mol. The lowest BCUT2D eigenvalue weighted by molar-refractivity contribution is 0.206. The maximum absolute atomic E-state index is 3.63. The van der Waals surface area contributed by atoms with Gasteiger partial charge in [-0.3, -0.25) is 4.90 Å². The van der Waals surface area contributed by atoms with Crippen LogP contribution in [0.4, 0.5) is 0 Å². The number of hydrogen-bond donors (Lipinski definition) is 1. The van der Waals surface area contributed by atoms with Crippen molar-refractivity contribution in [2.75, 3.05) is 26.2 Å². The first-order valence-corrected chi connectivity index (χ1v) is 7.82. The summed E-state index contributed by atoms with van der Waals surface area (Å²) in [6.07, 6.45) is 3.58. The van der Waals surface area contributed by atoms with E-state index >= 15 is 0 Å². The van der Waals surface area contributed by atoms with Crippen molar-refractivity contribution >= 4 is 0 Å². The van der Waals surface area contributed by atoms with Crippen LogP contribution in [0.3, 0.4) is 0 Å². The summed E-state index contributed by atoms with van der Waals surface area (Å²) >= 11 is 0. The summed E-state index contributed by atoms with van der Waals surface area (Å²) in [6, 6.07) is 11.4. The van der Waals surface area contributed by atoms with Crippen molar-refractivity contribution in [3.8, 4) is 0 Å². The van der Waals surface area contributed by atoms with Crippen LogP contribution in [0.2, 0.25) is 0 Å². The van der Waals surface area contributed by atoms with Crippen molar-refractivity contribution in [2.24, 2.45) is 5.92 Å². The highest BCUT2D eigenvalue weighted by atomic mass is 15.2. The zero-order chi connectivity index (χ0) is 14.4. The molecule has 1 aromatic carbocycles. The minimum atomic E-state index is 0.485. The number of nitrogens with zero attached hydrogens (tertiary/aromatic N) is 1. The van der Waals surface area contributed by atoms with Crippen LogP contribution in [0.25, 0.3) is 0 Å². The zero-order valence-electron chi connectivity index (χ0n) is 13.1. The molecule has 1 aromatic rings. The molecule has 0 bridgehead atoms. The predicted octanol–water partition coefficient (Wildman–Crippen LogP) is 3.63. The molecule has 1 unspecified atom stereocenters. The Bertz CT molecular complexity index is 422. The van der Waals surface area contributed by atoms with Crippen LogP contribution in [-0.4, -0.2) is 31.1 Å². The lowest BCUT2D eigenvalue weighted by Crippen LogP contribution is -2.39. The molecular formula is C18H28N2. The second-order valence-corrected chi connectivity index (χ2v) is 6.27. The van der Waals surface area contributed by atoms with Crippen LogP contribution in [0.1, 0.15) is 38.8 Å². The monoisotopic (exact) mass is 272 g/mol. The highest BCUT2D eigenvalue weighted by Crippen LogP contribution is 2.23. The van der Waals surface area contributed by atoms with E-state index in [2.05, 4.69) is 67.4 Å². The summed E-state index contributed by atoms with van der Waals surface area (Å²) in [7, 11) is 0. The fourth-order valence-electron chi connectivity index (χ4n) is 2.71. The zero-order valence-corrected chi connectivity index (χ0v) is 13.1. The van der Waals surface area contributed by atoms with Crippen molar-refractivity contribution in [1.82, 2.24) is 10.2 Å². The largest absolute Gasteiger partial charge is 0.315 e. The van der Waals surface area contributed by atoms with E-state index in [0.29, 0.717) is 12.0 Å². The van der Waals surface area contributed by atoms with E-state index in [-0.39, 0.29) is 0 Å². The minimum absolute atomic E-state index is 0.485. The van der Waals surface area contributed by atoms with Crippen LogP contribution in [0.5, 0.6) is 0 Å². The van der Waals surface area contributed by atoms with Gasteiger partial charge >= 0.3 is 0 Å². The van der Waals surface area contributed by atoms with Gasteiger partial charge < -0.3 is 5.32 Å². The molecule has 2 heteroatoms. The van der Waals surface area contributed by atoms with Gasteiger partial charge in [0, 0.05) is 25.7 Å². The Hall–Kier alpha value is -1.12. The third-order valence-electron chi connectivity index (χ3n) is 3.98. The second-order valence-electron chi connectivity index (χ2n) is 6.27. The van der Waals surface area contributed by atoms with E-state index in [4.69, 9.17) is 0 Å². The summed E-state index contributed by atoms with van der Waals surface area (Å²) in [5.41, 5.74) is 2.96. The summed E-state index contributed by atoms with van der Waals surface area (Å²) < 4.78 is 0. The van der Waals surface area contributed by atoms with Gasteiger partial charge in [0.25, 0.3) is 0 Å². The average molecular weight is 272 g/mol. The topological polar surface area (TPSA) is 15.3 Å². The third-order valence-corrected chi connectivity index (χ3v) is 3.98. The Kier molecular flexibility index (Phi) is 5.81. The molecule has 0 fully saturated rings. The van der Waals surface area contributed by atoms with E-state index in [1.54, 1.807) is 0 Å². The standard InChI is InChI=1S/C18H28N2/c1-15(2)13-19-14-18(17-7-5-4-6-8-17)20-11-9-16(3)10-12-20/h4-9,15,18-19H,10-14H2,1-3H3. The lowest BCUT2D eigenvalue weighted by atomic mass is 10.0. The van der Waals surface area contributed by atoms with Crippen LogP contribution in [0.15, 0.2) is 42.0 Å². The number of rotatable bonds is 6. The van der Waals surface area contributed by atoms with Gasteiger partial charge in [-0.25, -0.2) is 0 Å². The van der Waals surface area contributed by atoms with E-state index in [1.807, 2.05) is 0 Å². The van der Waals surface area contributed by atoms with Gasteiger partial charge in [-0.05, 0) is 31.4 Å². The molecule has 0 amide bonds. The maximum atomic E-state index is 3.63. The van der Waals surface area contributed by atoms with Crippen LogP contribution >= 0.6 is 0 Å². The third kappa shape index (κ3) is 4.46. The highest BCUT2D eigenvalue weighted by Gasteiger charge is 2.21. The average Bonchev–Trinajstić information content (AvgIpc) is 2.46. The summed E-state index contributed by atoms with van der Waals surface area (Å²) in [5, 5.41) is 3.63. The Morgan fingerprint density at radius 1 is 1.15 bits per heavy atom. The number of benzene rings is 1. The van der Waals surface area contributed by atoms with Crippen molar-refractivity contribution in [1.29, 1.82) is 0 Å². The normalized spacial score (nSPS) is 18.1. The first-order valence-electron chi connectivity index (χ1n) is 7.82. The van der Waals surface area contributed by atoms with E-state index in [0.717, 1.165) is 19.6 Å². The molecule has 1 heterocycles. The molecule has 1 aliphatic rings. The Labute approximate surface area is 123 Å². The summed E-state index contributed by atoms with van der Waals surface area (Å²) in [5.74, 6) is 0.704. The molecule has 110 valence electrons. The lowest BCUT2D eigenvalue weighted by Gasteiger charge is -2.34. The predicted molar refractivity (Wildman–Crippen MR) is 86.8 cm³/mol. The fourth-order valence-corrected chi connectivity index (χ4v) is 2.71. The van der Waals surface area contributed by atoms with Crippen molar-refractivity contribution < 1.29 is 0 Å². The van der Waals surface area contributed by atoms with E-state index in [1.165, 1.54) is 24.1 Å². The first kappa shape index (κ1) is 15.3. The molecule has 0 aliphatic carbocycles. The summed E-state index contributed by atoms with van der Waals surface area (Å²) in [4.78, 5) is 2.59. The van der Waals surface area contributed by atoms with Gasteiger partial charge in [0.15, 0.2) is 0 Å². The van der Waals surface area contributed by atoms with Gasteiger partial charge in [0.2, 0.25) is 0 Å². The molecule has 2 rings (SSSR count). The Balaban J connectivity index is 2.04. The molecule has 1 atom stereocenters. The fraction of sp³-hybridized carbons (Fsp3) is 0.556. The van der Waals surface area contributed by atoms with Crippen molar-refractivity contribution in [3.05, 3.63) is 47.5 Å². The molecule has 1 aliphatic heterocycles. The maximum Gasteiger partial charge on any atom is 0.0476 e. The van der Waals surface area contributed by atoms with Crippen LogP contribution in [0, 0.1) is 5.92 Å². The smallest absolute Gasteiger partial charge is 0.0476 e. The van der Waals surface area contributed by atoms with E-state index < -0.39 is 0 Å². The molecule has 0 saturated carbocycles. The molecule has 20 heavy (non-hydrogen) atoms. The highest BCUT2D eigenvalue weighted by molar-refractivity contribution is 5.20. The van der Waals surface area contributed by atoms with Gasteiger partial charge in [-0.15, -0.1) is 0 Å². The van der Waals surface area contributed by atoms with Crippen LogP contribution < -0.4 is 5.32 Å². The molecule has 0 aromatic heterocycles. The van der Waals surface area contributed by atoms with Gasteiger partial charge in [0.05, 0.1) is 0 Å². The molecule has 0 spiro atoms. The number of hydrogen-bond acceptors (Lipinski definition) is 2. The number of nitrogens with one attached hydrogen (secondary N) is 1. The molecule has 1 N–H and O–H groups in total.